The maximum absolute atomic E-state index is 6.18. The number of benzene rings is 1. The standard InChI is InChI=1S/C18H29NO2/c1-13-6-5-7-15(10-13)21-12-17(19-3)16-11-14(2)8-9-18(16)20-4/h8-9,11,13,15,17,19H,5-7,10,12H2,1-4H3. The highest BCUT2D eigenvalue weighted by Crippen LogP contribution is 2.29. The van der Waals surface area contributed by atoms with Crippen molar-refractivity contribution in [3.8, 4) is 5.75 Å². The normalized spacial score (nSPS) is 23.8. The number of hydrogen-bond acceptors (Lipinski definition) is 3. The Bertz CT molecular complexity index is 447. The molecule has 1 saturated carbocycles. The fraction of sp³-hybridized carbons (Fsp3) is 0.667. The van der Waals surface area contributed by atoms with Crippen LogP contribution in [0.2, 0.25) is 0 Å². The van der Waals surface area contributed by atoms with Gasteiger partial charge in [-0.25, -0.2) is 0 Å². The molecule has 0 spiro atoms. The van der Waals surface area contributed by atoms with E-state index in [1.807, 2.05) is 13.1 Å². The van der Waals surface area contributed by atoms with Crippen LogP contribution >= 0.6 is 0 Å². The van der Waals surface area contributed by atoms with Gasteiger partial charge in [-0.2, -0.15) is 0 Å². The van der Waals surface area contributed by atoms with Gasteiger partial charge >= 0.3 is 0 Å². The molecule has 1 aromatic carbocycles. The molecule has 1 fully saturated rings. The van der Waals surface area contributed by atoms with Gasteiger partial charge < -0.3 is 14.8 Å². The number of ether oxygens (including phenoxy) is 2. The zero-order valence-corrected chi connectivity index (χ0v) is 13.8. The molecule has 1 N–H and O–H groups in total. The largest absolute Gasteiger partial charge is 0.496 e. The van der Waals surface area contributed by atoms with E-state index >= 15 is 0 Å². The van der Waals surface area contributed by atoms with Crippen LogP contribution < -0.4 is 10.1 Å². The summed E-state index contributed by atoms with van der Waals surface area (Å²) in [6.45, 7) is 5.14. The van der Waals surface area contributed by atoms with Gasteiger partial charge in [0, 0.05) is 5.56 Å². The molecule has 1 aromatic rings. The quantitative estimate of drug-likeness (QED) is 0.863. The van der Waals surface area contributed by atoms with Crippen LogP contribution in [-0.4, -0.2) is 26.9 Å². The number of likely N-dealkylation sites (N-methyl/N-ethyl adjacent to an activating group) is 1. The average Bonchev–Trinajstić information content (AvgIpc) is 2.48. The topological polar surface area (TPSA) is 30.5 Å². The van der Waals surface area contributed by atoms with Gasteiger partial charge in [0.25, 0.3) is 0 Å². The predicted molar refractivity (Wildman–Crippen MR) is 86.9 cm³/mol. The number of methoxy groups -OCH3 is 1. The molecule has 0 aliphatic heterocycles. The summed E-state index contributed by atoms with van der Waals surface area (Å²) in [5, 5.41) is 3.37. The van der Waals surface area contributed by atoms with E-state index < -0.39 is 0 Å². The molecule has 3 nitrogen and oxygen atoms in total. The Hall–Kier alpha value is -1.06. The number of nitrogens with one attached hydrogen (secondary N) is 1. The van der Waals surface area contributed by atoms with Gasteiger partial charge in [-0.15, -0.1) is 0 Å². The molecule has 0 heterocycles. The van der Waals surface area contributed by atoms with E-state index in [0.29, 0.717) is 12.7 Å². The summed E-state index contributed by atoms with van der Waals surface area (Å²) in [5.74, 6) is 1.73. The van der Waals surface area contributed by atoms with Gasteiger partial charge in [-0.1, -0.05) is 37.5 Å². The molecule has 2 rings (SSSR count). The molecule has 0 aromatic heterocycles. The summed E-state index contributed by atoms with van der Waals surface area (Å²) in [6, 6.07) is 6.49. The molecule has 3 heteroatoms. The van der Waals surface area contributed by atoms with Gasteiger partial charge in [0.2, 0.25) is 0 Å². The van der Waals surface area contributed by atoms with E-state index in [1.54, 1.807) is 7.11 Å². The third-order valence-corrected chi connectivity index (χ3v) is 4.50. The molecule has 3 atom stereocenters. The predicted octanol–water partition coefficient (Wildman–Crippen LogP) is 3.86. The zero-order valence-electron chi connectivity index (χ0n) is 13.8. The number of hydrogen-bond donors (Lipinski definition) is 1. The van der Waals surface area contributed by atoms with E-state index in [9.17, 15) is 0 Å². The Kier molecular flexibility index (Phi) is 6.07. The second-order valence-electron chi connectivity index (χ2n) is 6.31. The Morgan fingerprint density at radius 2 is 2.14 bits per heavy atom. The van der Waals surface area contributed by atoms with Crippen LogP contribution in [0.5, 0.6) is 5.75 Å². The minimum atomic E-state index is 0.178. The van der Waals surface area contributed by atoms with Gasteiger partial charge in [-0.3, -0.25) is 0 Å². The van der Waals surface area contributed by atoms with Crippen molar-refractivity contribution < 1.29 is 9.47 Å². The van der Waals surface area contributed by atoms with Crippen LogP contribution in [0, 0.1) is 12.8 Å². The second kappa shape index (κ2) is 7.81. The van der Waals surface area contributed by atoms with Crippen LogP contribution in [0.3, 0.4) is 0 Å². The fourth-order valence-corrected chi connectivity index (χ4v) is 3.22. The summed E-state index contributed by atoms with van der Waals surface area (Å²) in [7, 11) is 3.71. The minimum absolute atomic E-state index is 0.178. The average molecular weight is 291 g/mol. The van der Waals surface area contributed by atoms with Gasteiger partial charge in [-0.05, 0) is 38.8 Å². The highest BCUT2D eigenvalue weighted by Gasteiger charge is 2.22. The third kappa shape index (κ3) is 4.45. The third-order valence-electron chi connectivity index (χ3n) is 4.50. The van der Waals surface area contributed by atoms with Gasteiger partial charge in [0.15, 0.2) is 0 Å². The highest BCUT2D eigenvalue weighted by molar-refractivity contribution is 5.39. The summed E-state index contributed by atoms with van der Waals surface area (Å²) in [6.07, 6.45) is 5.46. The van der Waals surface area contributed by atoms with E-state index in [2.05, 4.69) is 31.3 Å². The second-order valence-corrected chi connectivity index (χ2v) is 6.31. The summed E-state index contributed by atoms with van der Waals surface area (Å²) in [4.78, 5) is 0. The van der Waals surface area contributed by atoms with Gasteiger partial charge in [0.05, 0.1) is 25.9 Å². The van der Waals surface area contributed by atoms with Crippen LogP contribution in [0.15, 0.2) is 18.2 Å². The molecule has 21 heavy (non-hydrogen) atoms. The lowest BCUT2D eigenvalue weighted by Crippen LogP contribution is -2.28. The highest BCUT2D eigenvalue weighted by atomic mass is 16.5. The maximum atomic E-state index is 6.18. The molecule has 3 unspecified atom stereocenters. The zero-order chi connectivity index (χ0) is 15.2. The van der Waals surface area contributed by atoms with Crippen molar-refractivity contribution in [2.75, 3.05) is 20.8 Å². The van der Waals surface area contributed by atoms with E-state index in [-0.39, 0.29) is 6.04 Å². The number of rotatable bonds is 6. The molecule has 1 aliphatic carbocycles. The van der Waals surface area contributed by atoms with E-state index in [0.717, 1.165) is 11.7 Å². The molecule has 118 valence electrons. The van der Waals surface area contributed by atoms with Crippen LogP contribution in [0.25, 0.3) is 0 Å². The Morgan fingerprint density at radius 3 is 2.81 bits per heavy atom. The van der Waals surface area contributed by atoms with Crippen LogP contribution in [0.1, 0.15) is 49.8 Å². The SMILES string of the molecule is CNC(COC1CCCC(C)C1)c1cc(C)ccc1OC. The molecule has 1 aliphatic rings. The Balaban J connectivity index is 2.01. The molecule has 0 bridgehead atoms. The monoisotopic (exact) mass is 291 g/mol. The maximum Gasteiger partial charge on any atom is 0.123 e. The summed E-state index contributed by atoms with van der Waals surface area (Å²) < 4.78 is 11.7. The van der Waals surface area contributed by atoms with Crippen molar-refractivity contribution in [3.05, 3.63) is 29.3 Å². The Morgan fingerprint density at radius 1 is 1.33 bits per heavy atom. The van der Waals surface area contributed by atoms with Crippen molar-refractivity contribution in [2.45, 2.75) is 51.7 Å². The molecular formula is C18H29NO2. The molecular weight excluding hydrogens is 262 g/mol. The van der Waals surface area contributed by atoms with Crippen molar-refractivity contribution in [1.29, 1.82) is 0 Å². The minimum Gasteiger partial charge on any atom is -0.496 e. The van der Waals surface area contributed by atoms with Gasteiger partial charge in [0.1, 0.15) is 5.75 Å². The van der Waals surface area contributed by atoms with Crippen LogP contribution in [0.4, 0.5) is 0 Å². The Labute approximate surface area is 129 Å². The van der Waals surface area contributed by atoms with Crippen LogP contribution in [-0.2, 0) is 4.74 Å². The van der Waals surface area contributed by atoms with E-state index in [4.69, 9.17) is 9.47 Å². The lowest BCUT2D eigenvalue weighted by atomic mass is 9.88. The molecule has 0 radical (unpaired) electrons. The fourth-order valence-electron chi connectivity index (χ4n) is 3.22. The summed E-state index contributed by atoms with van der Waals surface area (Å²) >= 11 is 0. The number of aryl methyl sites for hydroxylation is 1. The van der Waals surface area contributed by atoms with E-state index in [1.165, 1.54) is 36.8 Å². The smallest absolute Gasteiger partial charge is 0.123 e. The van der Waals surface area contributed by atoms with Crippen molar-refractivity contribution in [3.63, 3.8) is 0 Å². The lowest BCUT2D eigenvalue weighted by Gasteiger charge is -2.29. The van der Waals surface area contributed by atoms with Crippen molar-refractivity contribution in [1.82, 2.24) is 5.32 Å². The lowest BCUT2D eigenvalue weighted by molar-refractivity contribution is 0.00462. The first-order valence-electron chi connectivity index (χ1n) is 8.07. The summed E-state index contributed by atoms with van der Waals surface area (Å²) in [5.41, 5.74) is 2.43. The first kappa shape index (κ1) is 16.3. The first-order valence-corrected chi connectivity index (χ1v) is 8.07. The first-order chi connectivity index (χ1) is 10.1. The van der Waals surface area contributed by atoms with Crippen molar-refractivity contribution >= 4 is 0 Å². The molecule has 0 saturated heterocycles. The molecule has 0 amide bonds. The van der Waals surface area contributed by atoms with Crippen molar-refractivity contribution in [2.24, 2.45) is 5.92 Å².